The fraction of sp³-hybridized carbons (Fsp3) is 0.192. The molecule has 1 aromatic rings. The molecule has 6 heteroatoms. The van der Waals surface area contributed by atoms with Crippen LogP contribution in [-0.4, -0.2) is 46.5 Å². The predicted molar refractivity (Wildman–Crippen MR) is 125 cm³/mol. The van der Waals surface area contributed by atoms with E-state index in [9.17, 15) is 4.79 Å². The SMILES string of the molecule is NC(=O)C1C=C2CN1C=C1C=CCN1C=CC=CC=CC=c1cccc3c1=CN(CO2)C3. The summed E-state index contributed by atoms with van der Waals surface area (Å²) >= 11 is 0. The van der Waals surface area contributed by atoms with E-state index in [1.165, 1.54) is 16.0 Å². The minimum Gasteiger partial charge on any atom is -0.476 e. The van der Waals surface area contributed by atoms with E-state index in [1.807, 2.05) is 47.7 Å². The number of nitrogens with two attached hydrogens (primary N) is 1. The number of carbonyl (C=O) groups excluding carboxylic acids is 1. The molecule has 0 fully saturated rings. The van der Waals surface area contributed by atoms with Crippen LogP contribution in [0, 0.1) is 0 Å². The van der Waals surface area contributed by atoms with Gasteiger partial charge in [-0.1, -0.05) is 54.7 Å². The van der Waals surface area contributed by atoms with Gasteiger partial charge in [0.2, 0.25) is 5.91 Å². The normalized spacial score (nSPS) is 21.6. The number of allylic oxidation sites excluding steroid dienone is 6. The Morgan fingerprint density at radius 1 is 1.06 bits per heavy atom. The lowest BCUT2D eigenvalue weighted by atomic mass is 10.1. The third kappa shape index (κ3) is 4.12. The average molecular weight is 427 g/mol. The third-order valence-corrected chi connectivity index (χ3v) is 5.87. The zero-order valence-electron chi connectivity index (χ0n) is 17.8. The van der Waals surface area contributed by atoms with Gasteiger partial charge in [-0.3, -0.25) is 4.79 Å². The molecule has 32 heavy (non-hydrogen) atoms. The highest BCUT2D eigenvalue weighted by Gasteiger charge is 2.29. The maximum atomic E-state index is 12.1. The molecule has 4 aliphatic rings. The molecule has 6 nitrogen and oxygen atoms in total. The van der Waals surface area contributed by atoms with Crippen LogP contribution in [0.25, 0.3) is 12.3 Å². The van der Waals surface area contributed by atoms with Gasteiger partial charge in [-0.25, -0.2) is 0 Å². The summed E-state index contributed by atoms with van der Waals surface area (Å²) in [6.45, 7) is 2.51. The Balaban J connectivity index is 1.48. The van der Waals surface area contributed by atoms with Crippen molar-refractivity contribution in [2.75, 3.05) is 19.8 Å². The Bertz CT molecular complexity index is 1220. The molecule has 2 N–H and O–H groups in total. The Kier molecular flexibility index (Phi) is 5.42. The Hall–Kier alpha value is -3.93. The topological polar surface area (TPSA) is 62.0 Å². The molecule has 0 aliphatic carbocycles. The highest BCUT2D eigenvalue weighted by Crippen LogP contribution is 2.23. The van der Waals surface area contributed by atoms with Crippen molar-refractivity contribution in [3.63, 3.8) is 0 Å². The number of primary amides is 1. The first-order chi connectivity index (χ1) is 15.7. The molecule has 0 saturated heterocycles. The Labute approximate surface area is 187 Å². The molecule has 1 aromatic carbocycles. The van der Waals surface area contributed by atoms with Gasteiger partial charge >= 0.3 is 0 Å². The van der Waals surface area contributed by atoms with Gasteiger partial charge < -0.3 is 25.2 Å². The molecule has 0 radical (unpaired) electrons. The number of amides is 1. The van der Waals surface area contributed by atoms with Crippen LogP contribution in [0.1, 0.15) is 5.56 Å². The summed E-state index contributed by atoms with van der Waals surface area (Å²) in [4.78, 5) is 18.3. The lowest BCUT2D eigenvalue weighted by molar-refractivity contribution is -0.120. The number of carbonyl (C=O) groups is 1. The summed E-state index contributed by atoms with van der Waals surface area (Å²) in [7, 11) is 0. The summed E-state index contributed by atoms with van der Waals surface area (Å²) in [6, 6.07) is 5.84. The van der Waals surface area contributed by atoms with Crippen LogP contribution in [0.3, 0.4) is 0 Å². The zero-order valence-corrected chi connectivity index (χ0v) is 17.8. The third-order valence-electron chi connectivity index (χ3n) is 5.87. The van der Waals surface area contributed by atoms with Gasteiger partial charge in [0, 0.05) is 36.9 Å². The monoisotopic (exact) mass is 426 g/mol. The summed E-state index contributed by atoms with van der Waals surface area (Å²) in [5.74, 6) is 0.372. The van der Waals surface area contributed by atoms with Crippen LogP contribution < -0.4 is 16.2 Å². The molecule has 162 valence electrons. The molecule has 0 spiro atoms. The van der Waals surface area contributed by atoms with E-state index < -0.39 is 6.04 Å². The smallest absolute Gasteiger partial charge is 0.244 e. The predicted octanol–water partition coefficient (Wildman–Crippen LogP) is 1.40. The number of fused-ring (bicyclic) bond motifs is 4. The van der Waals surface area contributed by atoms with Gasteiger partial charge in [0.1, 0.15) is 11.8 Å². The molecule has 0 saturated carbocycles. The number of benzene rings is 1. The van der Waals surface area contributed by atoms with Crippen LogP contribution in [0.2, 0.25) is 0 Å². The maximum absolute atomic E-state index is 12.1. The van der Waals surface area contributed by atoms with Crippen molar-refractivity contribution in [1.29, 1.82) is 0 Å². The molecule has 1 atom stereocenters. The molecular weight excluding hydrogens is 400 g/mol. The van der Waals surface area contributed by atoms with E-state index in [0.29, 0.717) is 13.3 Å². The standard InChI is InChI=1S/C26H26N4O2/c27-26(31)25-14-23-17-30(25)16-22-11-7-13-29(22)12-5-3-1-2-4-8-20-9-6-10-21-15-28(19-32-23)18-24(20)21/h1-12,14,16,18,25H,13,15,17,19H2,(H2,27,31). The number of hydrogen-bond donors (Lipinski definition) is 1. The lowest BCUT2D eigenvalue weighted by Gasteiger charge is -2.23. The first-order valence-electron chi connectivity index (χ1n) is 10.8. The van der Waals surface area contributed by atoms with Gasteiger partial charge in [-0.15, -0.1) is 0 Å². The van der Waals surface area contributed by atoms with Gasteiger partial charge in [-0.2, -0.15) is 0 Å². The van der Waals surface area contributed by atoms with Crippen molar-refractivity contribution in [3.05, 3.63) is 107 Å². The summed E-state index contributed by atoms with van der Waals surface area (Å²) < 4.78 is 6.10. The second-order valence-electron chi connectivity index (χ2n) is 8.11. The van der Waals surface area contributed by atoms with Crippen molar-refractivity contribution < 1.29 is 9.53 Å². The number of ether oxygens (including phenoxy) is 1. The van der Waals surface area contributed by atoms with Crippen LogP contribution >= 0.6 is 0 Å². The second-order valence-corrected chi connectivity index (χ2v) is 8.11. The molecular formula is C26H26N4O2. The highest BCUT2D eigenvalue weighted by atomic mass is 16.5. The van der Waals surface area contributed by atoms with E-state index in [2.05, 4.69) is 58.5 Å². The summed E-state index contributed by atoms with van der Waals surface area (Å²) in [6.07, 6.45) is 24.4. The largest absolute Gasteiger partial charge is 0.476 e. The molecule has 5 rings (SSSR count). The average Bonchev–Trinajstić information content (AvgIpc) is 3.49. The number of nitrogens with zero attached hydrogens (tertiary/aromatic N) is 3. The molecule has 1 amide bonds. The quantitative estimate of drug-likeness (QED) is 0.736. The van der Waals surface area contributed by atoms with E-state index in [-0.39, 0.29) is 5.91 Å². The first-order valence-corrected chi connectivity index (χ1v) is 10.8. The zero-order chi connectivity index (χ0) is 21.9. The fourth-order valence-electron chi connectivity index (χ4n) is 4.26. The minimum atomic E-state index is -0.520. The molecule has 1 unspecified atom stereocenters. The van der Waals surface area contributed by atoms with Crippen LogP contribution in [0.15, 0.2) is 90.7 Å². The van der Waals surface area contributed by atoms with Crippen LogP contribution in [-0.2, 0) is 16.1 Å². The lowest BCUT2D eigenvalue weighted by Crippen LogP contribution is -2.38. The Morgan fingerprint density at radius 3 is 2.84 bits per heavy atom. The van der Waals surface area contributed by atoms with Gasteiger partial charge in [0.25, 0.3) is 0 Å². The molecule has 4 bridgehead atoms. The van der Waals surface area contributed by atoms with E-state index in [1.54, 1.807) is 0 Å². The van der Waals surface area contributed by atoms with Crippen LogP contribution in [0.5, 0.6) is 0 Å². The van der Waals surface area contributed by atoms with E-state index in [4.69, 9.17) is 10.5 Å². The molecule has 4 aliphatic heterocycles. The maximum Gasteiger partial charge on any atom is 0.244 e. The Morgan fingerprint density at radius 2 is 1.94 bits per heavy atom. The summed E-state index contributed by atoms with van der Waals surface area (Å²) in [5, 5.41) is 2.40. The van der Waals surface area contributed by atoms with Crippen molar-refractivity contribution in [2.45, 2.75) is 12.6 Å². The van der Waals surface area contributed by atoms with Gasteiger partial charge in [0.05, 0.1) is 12.2 Å². The number of rotatable bonds is 1. The summed E-state index contributed by atoms with van der Waals surface area (Å²) in [5.41, 5.74) is 7.96. The van der Waals surface area contributed by atoms with E-state index >= 15 is 0 Å². The van der Waals surface area contributed by atoms with E-state index in [0.717, 1.165) is 24.5 Å². The first kappa shape index (κ1) is 20.0. The number of hydrogen-bond acceptors (Lipinski definition) is 5. The highest BCUT2D eigenvalue weighted by molar-refractivity contribution is 5.83. The fourth-order valence-corrected chi connectivity index (χ4v) is 4.26. The molecule has 0 aromatic heterocycles. The van der Waals surface area contributed by atoms with Crippen molar-refractivity contribution in [1.82, 2.24) is 14.7 Å². The van der Waals surface area contributed by atoms with Crippen LogP contribution in [0.4, 0.5) is 0 Å². The van der Waals surface area contributed by atoms with Crippen molar-refractivity contribution >= 4 is 18.2 Å². The minimum absolute atomic E-state index is 0.387. The van der Waals surface area contributed by atoms with Gasteiger partial charge in [0.15, 0.2) is 6.73 Å². The van der Waals surface area contributed by atoms with Crippen molar-refractivity contribution in [3.8, 4) is 0 Å². The van der Waals surface area contributed by atoms with Crippen molar-refractivity contribution in [2.24, 2.45) is 5.73 Å². The molecule has 4 heterocycles. The van der Waals surface area contributed by atoms with Gasteiger partial charge in [-0.05, 0) is 29.0 Å². The second kappa shape index (κ2) is 8.67.